The maximum atomic E-state index is 13.6. The van der Waals surface area contributed by atoms with E-state index in [0.29, 0.717) is 17.1 Å². The monoisotopic (exact) mass is 268 g/mol. The Labute approximate surface area is 115 Å². The van der Waals surface area contributed by atoms with E-state index in [1.807, 2.05) is 30.3 Å². The minimum atomic E-state index is -0.362. The topological polar surface area (TPSA) is 48.1 Å². The van der Waals surface area contributed by atoms with Crippen LogP contribution in [-0.2, 0) is 6.54 Å². The lowest BCUT2D eigenvalue weighted by Gasteiger charge is -2.10. The Morgan fingerprint density at radius 1 is 1.10 bits per heavy atom. The van der Waals surface area contributed by atoms with Crippen molar-refractivity contribution in [3.63, 3.8) is 0 Å². The molecule has 0 aliphatic carbocycles. The Hall–Kier alpha value is -2.46. The van der Waals surface area contributed by atoms with Crippen molar-refractivity contribution in [3.05, 3.63) is 66.1 Å². The van der Waals surface area contributed by atoms with Crippen molar-refractivity contribution in [2.45, 2.75) is 6.54 Å². The van der Waals surface area contributed by atoms with Gasteiger partial charge in [0.1, 0.15) is 17.3 Å². The van der Waals surface area contributed by atoms with Gasteiger partial charge in [0.2, 0.25) is 0 Å². The van der Waals surface area contributed by atoms with E-state index in [2.05, 4.69) is 4.98 Å². The quantitative estimate of drug-likeness (QED) is 0.789. The Morgan fingerprint density at radius 3 is 2.80 bits per heavy atom. The Morgan fingerprint density at radius 2 is 1.95 bits per heavy atom. The first-order valence-corrected chi connectivity index (χ1v) is 6.28. The van der Waals surface area contributed by atoms with E-state index in [1.165, 1.54) is 6.07 Å². The summed E-state index contributed by atoms with van der Waals surface area (Å²) in [4.78, 5) is 4.31. The van der Waals surface area contributed by atoms with Crippen LogP contribution in [0.4, 0.5) is 4.39 Å². The van der Waals surface area contributed by atoms with Gasteiger partial charge < -0.3 is 10.5 Å². The zero-order chi connectivity index (χ0) is 13.9. The second-order valence-corrected chi connectivity index (χ2v) is 4.39. The minimum absolute atomic E-state index is 0.0863. The number of halogens is 1. The number of benzene rings is 2. The highest BCUT2D eigenvalue weighted by Crippen LogP contribution is 2.28. The molecule has 0 aliphatic rings. The zero-order valence-corrected chi connectivity index (χ0v) is 10.7. The summed E-state index contributed by atoms with van der Waals surface area (Å²) in [7, 11) is 0. The minimum Gasteiger partial charge on any atom is -0.455 e. The summed E-state index contributed by atoms with van der Waals surface area (Å²) >= 11 is 0. The van der Waals surface area contributed by atoms with Crippen LogP contribution < -0.4 is 10.5 Å². The van der Waals surface area contributed by atoms with Gasteiger partial charge >= 0.3 is 0 Å². The van der Waals surface area contributed by atoms with Crippen molar-refractivity contribution in [3.8, 4) is 11.5 Å². The number of hydrogen-bond donors (Lipinski definition) is 1. The fourth-order valence-corrected chi connectivity index (χ4v) is 2.07. The van der Waals surface area contributed by atoms with Crippen molar-refractivity contribution in [2.75, 3.05) is 0 Å². The maximum Gasteiger partial charge on any atom is 0.146 e. The fraction of sp³-hybridized carbons (Fsp3) is 0.0625. The van der Waals surface area contributed by atoms with Crippen LogP contribution in [0.15, 0.2) is 54.7 Å². The van der Waals surface area contributed by atoms with Gasteiger partial charge in [-0.15, -0.1) is 0 Å². The molecule has 0 atom stereocenters. The van der Waals surface area contributed by atoms with E-state index in [-0.39, 0.29) is 12.4 Å². The first-order chi connectivity index (χ1) is 9.78. The Bertz CT molecular complexity index is 758. The highest BCUT2D eigenvalue weighted by molar-refractivity contribution is 5.79. The Kier molecular flexibility index (Phi) is 3.31. The van der Waals surface area contributed by atoms with E-state index in [0.717, 1.165) is 10.9 Å². The number of ether oxygens (including phenoxy) is 1. The molecule has 1 heterocycles. The molecule has 3 rings (SSSR count). The smallest absolute Gasteiger partial charge is 0.146 e. The molecule has 2 N–H and O–H groups in total. The lowest BCUT2D eigenvalue weighted by molar-refractivity contribution is 0.466. The third-order valence-electron chi connectivity index (χ3n) is 3.07. The van der Waals surface area contributed by atoms with Crippen molar-refractivity contribution < 1.29 is 9.13 Å². The fourth-order valence-electron chi connectivity index (χ4n) is 2.07. The molecule has 100 valence electrons. The molecule has 0 aliphatic heterocycles. The predicted molar refractivity (Wildman–Crippen MR) is 76.1 cm³/mol. The van der Waals surface area contributed by atoms with E-state index >= 15 is 0 Å². The van der Waals surface area contributed by atoms with Crippen molar-refractivity contribution in [2.24, 2.45) is 5.73 Å². The maximum absolute atomic E-state index is 13.6. The zero-order valence-electron chi connectivity index (χ0n) is 10.7. The molecule has 0 saturated carbocycles. The Balaban J connectivity index is 1.99. The van der Waals surface area contributed by atoms with Gasteiger partial charge in [0.25, 0.3) is 0 Å². The molecule has 0 fully saturated rings. The molecule has 0 amide bonds. The second kappa shape index (κ2) is 5.27. The molecule has 20 heavy (non-hydrogen) atoms. The normalized spacial score (nSPS) is 10.7. The highest BCUT2D eigenvalue weighted by atomic mass is 19.1. The molecule has 0 saturated heterocycles. The van der Waals surface area contributed by atoms with E-state index in [1.54, 1.807) is 18.3 Å². The van der Waals surface area contributed by atoms with Crippen molar-refractivity contribution >= 4 is 10.9 Å². The van der Waals surface area contributed by atoms with Crippen LogP contribution in [0, 0.1) is 5.82 Å². The summed E-state index contributed by atoms with van der Waals surface area (Å²) in [6.45, 7) is 0.0863. The molecule has 3 nitrogen and oxygen atoms in total. The highest BCUT2D eigenvalue weighted by Gasteiger charge is 2.09. The SMILES string of the molecule is NCc1c(F)cccc1Oc1cnc2ccccc2c1. The molecule has 0 radical (unpaired) electrons. The first kappa shape index (κ1) is 12.6. The van der Waals surface area contributed by atoms with Gasteiger partial charge in [-0.25, -0.2) is 4.39 Å². The van der Waals surface area contributed by atoms with Crippen LogP contribution in [-0.4, -0.2) is 4.98 Å². The standard InChI is InChI=1S/C16H13FN2O/c17-14-5-3-7-16(13(14)9-18)20-12-8-11-4-1-2-6-15(11)19-10-12/h1-8,10H,9,18H2. The predicted octanol–water partition coefficient (Wildman–Crippen LogP) is 3.62. The summed E-state index contributed by atoms with van der Waals surface area (Å²) in [5, 5.41) is 0.968. The molecule has 0 spiro atoms. The number of pyridine rings is 1. The number of nitrogens with zero attached hydrogens (tertiary/aromatic N) is 1. The summed E-state index contributed by atoms with van der Waals surface area (Å²) in [5.74, 6) is 0.618. The summed E-state index contributed by atoms with van der Waals surface area (Å²) in [6.07, 6.45) is 1.62. The van der Waals surface area contributed by atoms with E-state index in [9.17, 15) is 4.39 Å². The molecule has 0 bridgehead atoms. The largest absolute Gasteiger partial charge is 0.455 e. The van der Waals surface area contributed by atoms with Crippen LogP contribution in [0.5, 0.6) is 11.5 Å². The second-order valence-electron chi connectivity index (χ2n) is 4.39. The number of rotatable bonds is 3. The summed E-state index contributed by atoms with van der Waals surface area (Å²) in [5.41, 5.74) is 6.81. The van der Waals surface area contributed by atoms with Crippen LogP contribution in [0.3, 0.4) is 0 Å². The summed E-state index contributed by atoms with van der Waals surface area (Å²) < 4.78 is 19.3. The first-order valence-electron chi connectivity index (χ1n) is 6.28. The number of para-hydroxylation sites is 1. The van der Waals surface area contributed by atoms with Gasteiger partial charge in [0.05, 0.1) is 11.7 Å². The van der Waals surface area contributed by atoms with Crippen LogP contribution >= 0.6 is 0 Å². The molecule has 0 unspecified atom stereocenters. The van der Waals surface area contributed by atoms with Crippen molar-refractivity contribution in [1.82, 2.24) is 4.98 Å². The third kappa shape index (κ3) is 2.33. The lowest BCUT2D eigenvalue weighted by Crippen LogP contribution is -2.02. The van der Waals surface area contributed by atoms with Crippen LogP contribution in [0.25, 0.3) is 10.9 Å². The van der Waals surface area contributed by atoms with Crippen molar-refractivity contribution in [1.29, 1.82) is 0 Å². The average Bonchev–Trinajstić information content (AvgIpc) is 2.47. The van der Waals surface area contributed by atoms with Gasteiger partial charge in [0, 0.05) is 17.5 Å². The third-order valence-corrected chi connectivity index (χ3v) is 3.07. The van der Waals surface area contributed by atoms with Gasteiger partial charge in [-0.2, -0.15) is 0 Å². The lowest BCUT2D eigenvalue weighted by atomic mass is 10.2. The molecule has 4 heteroatoms. The van der Waals surface area contributed by atoms with Crippen LogP contribution in [0.1, 0.15) is 5.56 Å². The number of aromatic nitrogens is 1. The summed E-state index contributed by atoms with van der Waals surface area (Å²) in [6, 6.07) is 14.3. The van der Waals surface area contributed by atoms with Gasteiger partial charge in [-0.1, -0.05) is 24.3 Å². The molecular formula is C16H13FN2O. The van der Waals surface area contributed by atoms with Gasteiger partial charge in [-0.05, 0) is 24.3 Å². The molecule has 3 aromatic rings. The molecular weight excluding hydrogens is 255 g/mol. The number of fused-ring (bicyclic) bond motifs is 1. The van der Waals surface area contributed by atoms with Gasteiger partial charge in [-0.3, -0.25) is 4.98 Å². The number of nitrogens with two attached hydrogens (primary N) is 1. The van der Waals surface area contributed by atoms with E-state index in [4.69, 9.17) is 10.5 Å². The van der Waals surface area contributed by atoms with E-state index < -0.39 is 0 Å². The van der Waals surface area contributed by atoms with Gasteiger partial charge in [0.15, 0.2) is 0 Å². The molecule has 2 aromatic carbocycles. The molecule has 1 aromatic heterocycles. The number of hydrogen-bond acceptors (Lipinski definition) is 3. The van der Waals surface area contributed by atoms with Crippen LogP contribution in [0.2, 0.25) is 0 Å². The average molecular weight is 268 g/mol.